The van der Waals surface area contributed by atoms with Crippen LogP contribution in [0, 0.1) is 13.8 Å². The first-order valence-corrected chi connectivity index (χ1v) is 12.4. The van der Waals surface area contributed by atoms with E-state index in [0.29, 0.717) is 25.3 Å². The number of Topliss-reactive ketones (excluding diaryl/α,β-unsaturated/α-hetero) is 1. The number of sulfonamides is 1. The smallest absolute Gasteiger partial charge is 0.355 e. The Hall–Kier alpha value is -3.21. The zero-order chi connectivity index (χ0) is 24.3. The van der Waals surface area contributed by atoms with Crippen LogP contribution in [0.4, 0.5) is 0 Å². The molecular weight excluding hydrogens is 458 g/mol. The SMILES string of the molecule is Cc1cc(C(=O)COC(=O)c2cc(S(=O)(=O)N3CCOCC3)c[nH]2)c(C)n1Cc1ccccc1. The Morgan fingerprint density at radius 1 is 1.09 bits per heavy atom. The molecule has 180 valence electrons. The molecule has 0 unspecified atom stereocenters. The van der Waals surface area contributed by atoms with Crippen LogP contribution in [0.3, 0.4) is 0 Å². The molecule has 10 heteroatoms. The number of nitrogens with one attached hydrogen (secondary N) is 1. The number of ketones is 1. The van der Waals surface area contributed by atoms with Crippen molar-refractivity contribution >= 4 is 21.8 Å². The molecule has 3 aromatic rings. The van der Waals surface area contributed by atoms with Crippen molar-refractivity contribution in [1.29, 1.82) is 0 Å². The number of benzene rings is 1. The summed E-state index contributed by atoms with van der Waals surface area (Å²) in [6, 6.07) is 12.9. The van der Waals surface area contributed by atoms with E-state index in [9.17, 15) is 18.0 Å². The van der Waals surface area contributed by atoms with Crippen molar-refractivity contribution in [2.24, 2.45) is 0 Å². The number of rotatable bonds is 8. The van der Waals surface area contributed by atoms with Gasteiger partial charge in [-0.05, 0) is 31.5 Å². The molecule has 0 aliphatic carbocycles. The van der Waals surface area contributed by atoms with E-state index in [1.807, 2.05) is 48.7 Å². The molecule has 9 nitrogen and oxygen atoms in total. The van der Waals surface area contributed by atoms with Crippen LogP contribution in [0.1, 0.15) is 37.8 Å². The number of H-pyrrole nitrogens is 1. The average molecular weight is 486 g/mol. The molecule has 0 saturated carbocycles. The van der Waals surface area contributed by atoms with E-state index in [0.717, 1.165) is 17.0 Å². The summed E-state index contributed by atoms with van der Waals surface area (Å²) >= 11 is 0. The van der Waals surface area contributed by atoms with Crippen molar-refractivity contribution in [3.05, 3.63) is 76.9 Å². The van der Waals surface area contributed by atoms with Gasteiger partial charge < -0.3 is 19.0 Å². The fraction of sp³-hybridized carbons (Fsp3) is 0.333. The summed E-state index contributed by atoms with van der Waals surface area (Å²) in [7, 11) is -3.74. The Kier molecular flexibility index (Phi) is 7.01. The fourth-order valence-corrected chi connectivity index (χ4v) is 5.36. The Labute approximate surface area is 198 Å². The van der Waals surface area contributed by atoms with E-state index in [-0.39, 0.29) is 29.5 Å². The zero-order valence-electron chi connectivity index (χ0n) is 19.1. The zero-order valence-corrected chi connectivity index (χ0v) is 19.9. The van der Waals surface area contributed by atoms with E-state index in [1.54, 1.807) is 6.07 Å². The first-order chi connectivity index (χ1) is 16.3. The summed E-state index contributed by atoms with van der Waals surface area (Å²) < 4.78 is 39.2. The van der Waals surface area contributed by atoms with Crippen LogP contribution in [0.15, 0.2) is 53.6 Å². The molecule has 1 aliphatic heterocycles. The predicted octanol–water partition coefficient (Wildman–Crippen LogP) is 2.54. The maximum absolute atomic E-state index is 12.8. The lowest BCUT2D eigenvalue weighted by Crippen LogP contribution is -2.40. The number of morpholine rings is 1. The average Bonchev–Trinajstić information content (AvgIpc) is 3.45. The molecule has 4 rings (SSSR count). The molecule has 1 aliphatic rings. The highest BCUT2D eigenvalue weighted by Crippen LogP contribution is 2.20. The molecule has 1 saturated heterocycles. The number of hydrogen-bond acceptors (Lipinski definition) is 6. The van der Waals surface area contributed by atoms with Gasteiger partial charge in [-0.15, -0.1) is 0 Å². The topological polar surface area (TPSA) is 111 Å². The summed E-state index contributed by atoms with van der Waals surface area (Å²) in [6.45, 7) is 5.13. The Balaban J connectivity index is 1.40. The Morgan fingerprint density at radius 3 is 2.50 bits per heavy atom. The van der Waals surface area contributed by atoms with Gasteiger partial charge in [-0.3, -0.25) is 4.79 Å². The normalized spacial score (nSPS) is 14.8. The molecule has 34 heavy (non-hydrogen) atoms. The first kappa shape index (κ1) is 23.9. The van der Waals surface area contributed by atoms with Gasteiger partial charge in [0.1, 0.15) is 10.6 Å². The molecule has 0 radical (unpaired) electrons. The van der Waals surface area contributed by atoms with E-state index < -0.39 is 22.6 Å². The van der Waals surface area contributed by atoms with Gasteiger partial charge in [0.2, 0.25) is 15.8 Å². The van der Waals surface area contributed by atoms with E-state index in [2.05, 4.69) is 4.98 Å². The van der Waals surface area contributed by atoms with Gasteiger partial charge >= 0.3 is 5.97 Å². The van der Waals surface area contributed by atoms with Crippen LogP contribution in [-0.4, -0.2) is 66.9 Å². The van der Waals surface area contributed by atoms with Crippen LogP contribution >= 0.6 is 0 Å². The van der Waals surface area contributed by atoms with Crippen LogP contribution in [0.25, 0.3) is 0 Å². The lowest BCUT2D eigenvalue weighted by Gasteiger charge is -2.25. The molecule has 1 aromatic carbocycles. The number of hydrogen-bond donors (Lipinski definition) is 1. The highest BCUT2D eigenvalue weighted by atomic mass is 32.2. The second-order valence-electron chi connectivity index (χ2n) is 8.12. The molecule has 1 N–H and O–H groups in total. The number of carbonyl (C=O) groups is 2. The van der Waals surface area contributed by atoms with Crippen molar-refractivity contribution in [3.8, 4) is 0 Å². The van der Waals surface area contributed by atoms with Crippen LogP contribution in [0.5, 0.6) is 0 Å². The molecule has 3 heterocycles. The van der Waals surface area contributed by atoms with Crippen molar-refractivity contribution < 1.29 is 27.5 Å². The number of aromatic amines is 1. The minimum Gasteiger partial charge on any atom is -0.453 e. The van der Waals surface area contributed by atoms with E-state index in [4.69, 9.17) is 9.47 Å². The van der Waals surface area contributed by atoms with Gasteiger partial charge in [0.25, 0.3) is 0 Å². The van der Waals surface area contributed by atoms with Gasteiger partial charge in [-0.2, -0.15) is 4.31 Å². The summed E-state index contributed by atoms with van der Waals surface area (Å²) in [5.41, 5.74) is 3.29. The molecule has 2 aromatic heterocycles. The molecule has 0 bridgehead atoms. The second kappa shape index (κ2) is 9.96. The van der Waals surface area contributed by atoms with Gasteiger partial charge in [-0.25, -0.2) is 13.2 Å². The maximum atomic E-state index is 12.8. The molecule has 0 atom stereocenters. The summed E-state index contributed by atoms with van der Waals surface area (Å²) in [5, 5.41) is 0. The molecule has 0 spiro atoms. The van der Waals surface area contributed by atoms with Crippen LogP contribution in [0.2, 0.25) is 0 Å². The fourth-order valence-electron chi connectivity index (χ4n) is 3.96. The van der Waals surface area contributed by atoms with Crippen LogP contribution in [-0.2, 0) is 26.0 Å². The van der Waals surface area contributed by atoms with Gasteiger partial charge in [0.15, 0.2) is 6.61 Å². The number of aryl methyl sites for hydroxylation is 1. The van der Waals surface area contributed by atoms with Crippen molar-refractivity contribution in [2.75, 3.05) is 32.9 Å². The van der Waals surface area contributed by atoms with E-state index >= 15 is 0 Å². The molecular formula is C24H27N3O6S. The Morgan fingerprint density at radius 2 is 1.79 bits per heavy atom. The van der Waals surface area contributed by atoms with Crippen molar-refractivity contribution in [3.63, 3.8) is 0 Å². The van der Waals surface area contributed by atoms with Gasteiger partial charge in [0.05, 0.1) is 13.2 Å². The maximum Gasteiger partial charge on any atom is 0.355 e. The number of carbonyl (C=O) groups excluding carboxylic acids is 2. The summed E-state index contributed by atoms with van der Waals surface area (Å²) in [6.07, 6.45) is 1.25. The van der Waals surface area contributed by atoms with Gasteiger partial charge in [-0.1, -0.05) is 30.3 Å². The third-order valence-electron chi connectivity index (χ3n) is 5.88. The Bertz CT molecular complexity index is 1290. The highest BCUT2D eigenvalue weighted by Gasteiger charge is 2.28. The third kappa shape index (κ3) is 4.98. The summed E-state index contributed by atoms with van der Waals surface area (Å²) in [4.78, 5) is 27.8. The van der Waals surface area contributed by atoms with Gasteiger partial charge in [0, 0.05) is 42.8 Å². The molecule has 1 fully saturated rings. The van der Waals surface area contributed by atoms with E-state index in [1.165, 1.54) is 16.6 Å². The monoisotopic (exact) mass is 485 g/mol. The second-order valence-corrected chi connectivity index (χ2v) is 10.1. The lowest BCUT2D eigenvalue weighted by atomic mass is 10.1. The standard InChI is InChI=1S/C24H27N3O6S/c1-17-12-21(18(2)27(17)15-19-6-4-3-5-7-19)23(28)16-33-24(29)22-13-20(14-25-22)34(30,31)26-8-10-32-11-9-26/h3-7,12-14,25H,8-11,15-16H2,1-2H3. The molecule has 0 amide bonds. The van der Waals surface area contributed by atoms with Crippen molar-refractivity contribution in [1.82, 2.24) is 13.9 Å². The number of esters is 1. The number of aromatic nitrogens is 2. The number of ether oxygens (including phenoxy) is 2. The lowest BCUT2D eigenvalue weighted by molar-refractivity contribution is 0.0469. The third-order valence-corrected chi connectivity index (χ3v) is 7.75. The first-order valence-electron chi connectivity index (χ1n) is 10.9. The minimum atomic E-state index is -3.74. The minimum absolute atomic E-state index is 0.0304. The largest absolute Gasteiger partial charge is 0.453 e. The van der Waals surface area contributed by atoms with Crippen molar-refractivity contribution in [2.45, 2.75) is 25.3 Å². The quantitative estimate of drug-likeness (QED) is 0.388. The number of nitrogens with zero attached hydrogens (tertiary/aromatic N) is 2. The highest BCUT2D eigenvalue weighted by molar-refractivity contribution is 7.89. The van der Waals surface area contributed by atoms with Crippen LogP contribution < -0.4 is 0 Å². The summed E-state index contributed by atoms with van der Waals surface area (Å²) in [5.74, 6) is -1.12. The predicted molar refractivity (Wildman–Crippen MR) is 124 cm³/mol.